The van der Waals surface area contributed by atoms with Crippen molar-refractivity contribution in [3.05, 3.63) is 42.0 Å². The molecule has 4 N–H and O–H groups in total. The summed E-state index contributed by atoms with van der Waals surface area (Å²) in [6.07, 6.45) is 4.30. The summed E-state index contributed by atoms with van der Waals surface area (Å²) in [4.78, 5) is 23.5. The minimum atomic E-state index is -0.379. The molecule has 0 saturated carbocycles. The molecule has 0 saturated heterocycles. The largest absolute Gasteiger partial charge is 0.382 e. The first-order valence-electron chi connectivity index (χ1n) is 6.15. The number of anilines is 2. The lowest BCUT2D eigenvalue weighted by Crippen LogP contribution is -2.30. The molecule has 106 valence electrons. The summed E-state index contributed by atoms with van der Waals surface area (Å²) >= 11 is 0. The van der Waals surface area contributed by atoms with Crippen LogP contribution >= 0.6 is 0 Å². The van der Waals surface area contributed by atoms with E-state index < -0.39 is 0 Å². The van der Waals surface area contributed by atoms with Crippen molar-refractivity contribution in [1.29, 1.82) is 5.26 Å². The van der Waals surface area contributed by atoms with Crippen LogP contribution in [0.3, 0.4) is 0 Å². The van der Waals surface area contributed by atoms with Gasteiger partial charge in [-0.05, 0) is 12.1 Å². The van der Waals surface area contributed by atoms with Crippen LogP contribution in [-0.4, -0.2) is 33.9 Å². The molecule has 0 aromatic carbocycles. The van der Waals surface area contributed by atoms with Gasteiger partial charge in [0, 0.05) is 31.7 Å². The highest BCUT2D eigenvalue weighted by Gasteiger charge is 2.10. The molecule has 2 heterocycles. The van der Waals surface area contributed by atoms with Crippen molar-refractivity contribution in [2.45, 2.75) is 0 Å². The van der Waals surface area contributed by atoms with Crippen LogP contribution < -0.4 is 16.4 Å². The molecular weight excluding hydrogens is 270 g/mol. The van der Waals surface area contributed by atoms with Gasteiger partial charge in [-0.15, -0.1) is 0 Å². The third kappa shape index (κ3) is 3.87. The van der Waals surface area contributed by atoms with Crippen molar-refractivity contribution in [2.24, 2.45) is 0 Å². The van der Waals surface area contributed by atoms with Gasteiger partial charge in [0.15, 0.2) is 11.5 Å². The van der Waals surface area contributed by atoms with E-state index in [-0.39, 0.29) is 17.4 Å². The Bertz CT molecular complexity index is 663. The first-order valence-corrected chi connectivity index (χ1v) is 6.15. The van der Waals surface area contributed by atoms with Crippen molar-refractivity contribution in [3.8, 4) is 6.07 Å². The zero-order valence-electron chi connectivity index (χ0n) is 11.1. The van der Waals surface area contributed by atoms with Gasteiger partial charge < -0.3 is 16.4 Å². The van der Waals surface area contributed by atoms with Crippen LogP contribution in [0.25, 0.3) is 0 Å². The molecule has 0 bridgehead atoms. The Hall–Kier alpha value is -3.21. The van der Waals surface area contributed by atoms with E-state index in [0.717, 1.165) is 0 Å². The average molecular weight is 283 g/mol. The third-order valence-corrected chi connectivity index (χ3v) is 2.55. The van der Waals surface area contributed by atoms with Crippen LogP contribution in [0, 0.1) is 11.3 Å². The van der Waals surface area contributed by atoms with Gasteiger partial charge in [-0.1, -0.05) is 0 Å². The molecule has 0 unspecified atom stereocenters. The number of rotatable bonds is 5. The molecule has 2 aromatic heterocycles. The number of nitriles is 1. The van der Waals surface area contributed by atoms with E-state index in [0.29, 0.717) is 24.5 Å². The van der Waals surface area contributed by atoms with Gasteiger partial charge in [-0.25, -0.2) is 15.0 Å². The van der Waals surface area contributed by atoms with E-state index in [1.807, 2.05) is 6.07 Å². The van der Waals surface area contributed by atoms with Crippen LogP contribution in [-0.2, 0) is 0 Å². The van der Waals surface area contributed by atoms with E-state index in [4.69, 9.17) is 11.0 Å². The standard InChI is InChI=1S/C13H13N7O/c14-7-9-1-2-10(20-8-9)16-3-6-19-13(21)11-12(15)18-5-4-17-11/h1-2,4-5,8H,3,6H2,(H2,15,18)(H,16,20)(H,19,21). The average Bonchev–Trinajstić information content (AvgIpc) is 2.52. The molecule has 21 heavy (non-hydrogen) atoms. The Balaban J connectivity index is 1.78. The van der Waals surface area contributed by atoms with Crippen LogP contribution in [0.4, 0.5) is 11.6 Å². The van der Waals surface area contributed by atoms with Crippen molar-refractivity contribution >= 4 is 17.5 Å². The Morgan fingerprint density at radius 2 is 2.05 bits per heavy atom. The highest BCUT2D eigenvalue weighted by Crippen LogP contribution is 2.03. The van der Waals surface area contributed by atoms with Crippen LogP contribution in [0.15, 0.2) is 30.7 Å². The smallest absolute Gasteiger partial charge is 0.273 e. The highest BCUT2D eigenvalue weighted by molar-refractivity contribution is 5.96. The predicted molar refractivity (Wildman–Crippen MR) is 76.2 cm³/mol. The first kappa shape index (κ1) is 14.2. The van der Waals surface area contributed by atoms with Crippen molar-refractivity contribution < 1.29 is 4.79 Å². The number of nitrogens with zero attached hydrogens (tertiary/aromatic N) is 4. The molecule has 0 atom stereocenters. The number of hydrogen-bond acceptors (Lipinski definition) is 7. The van der Waals surface area contributed by atoms with Gasteiger partial charge in [0.05, 0.1) is 5.56 Å². The summed E-state index contributed by atoms with van der Waals surface area (Å²) in [6.45, 7) is 0.849. The maximum absolute atomic E-state index is 11.8. The molecule has 0 aliphatic carbocycles. The van der Waals surface area contributed by atoms with Gasteiger partial charge >= 0.3 is 0 Å². The minimum absolute atomic E-state index is 0.0942. The molecule has 8 nitrogen and oxygen atoms in total. The quantitative estimate of drug-likeness (QED) is 0.667. The second-order valence-electron chi connectivity index (χ2n) is 4.02. The van der Waals surface area contributed by atoms with Gasteiger partial charge in [0.2, 0.25) is 0 Å². The van der Waals surface area contributed by atoms with Gasteiger partial charge in [0.1, 0.15) is 11.9 Å². The van der Waals surface area contributed by atoms with E-state index in [1.54, 1.807) is 12.1 Å². The molecule has 8 heteroatoms. The molecule has 0 aliphatic heterocycles. The number of amides is 1. The summed E-state index contributed by atoms with van der Waals surface area (Å²) in [5, 5.41) is 14.3. The normalized spacial score (nSPS) is 9.67. The van der Waals surface area contributed by atoms with E-state index in [1.165, 1.54) is 18.6 Å². The lowest BCUT2D eigenvalue weighted by Gasteiger charge is -2.07. The second-order valence-corrected chi connectivity index (χ2v) is 4.02. The van der Waals surface area contributed by atoms with E-state index >= 15 is 0 Å². The molecule has 0 radical (unpaired) electrons. The Kier molecular flexibility index (Phi) is 4.61. The molecule has 2 aromatic rings. The van der Waals surface area contributed by atoms with Gasteiger partial charge in [-0.2, -0.15) is 5.26 Å². The number of carbonyl (C=O) groups is 1. The fraction of sp³-hybridized carbons (Fsp3) is 0.154. The predicted octanol–water partition coefficient (Wildman–Crippen LogP) is 0.167. The zero-order valence-corrected chi connectivity index (χ0v) is 11.1. The van der Waals surface area contributed by atoms with E-state index in [2.05, 4.69) is 25.6 Å². The Morgan fingerprint density at radius 1 is 1.24 bits per heavy atom. The Morgan fingerprint density at radius 3 is 2.71 bits per heavy atom. The summed E-state index contributed by atoms with van der Waals surface area (Å²) in [5.74, 6) is 0.342. The molecule has 2 rings (SSSR count). The SMILES string of the molecule is N#Cc1ccc(NCCNC(=O)c2nccnc2N)nc1. The minimum Gasteiger partial charge on any atom is -0.382 e. The summed E-state index contributed by atoms with van der Waals surface area (Å²) in [7, 11) is 0. The lowest BCUT2D eigenvalue weighted by atomic mass is 10.3. The number of hydrogen-bond donors (Lipinski definition) is 3. The first-order chi connectivity index (χ1) is 10.2. The van der Waals surface area contributed by atoms with Crippen molar-refractivity contribution in [2.75, 3.05) is 24.1 Å². The fourth-order valence-corrected chi connectivity index (χ4v) is 1.54. The second kappa shape index (κ2) is 6.81. The number of pyridine rings is 1. The molecule has 1 amide bonds. The molecule has 0 aliphatic rings. The topological polar surface area (TPSA) is 130 Å². The zero-order chi connectivity index (χ0) is 15.1. The van der Waals surface area contributed by atoms with Crippen LogP contribution in [0.1, 0.15) is 16.1 Å². The van der Waals surface area contributed by atoms with Crippen molar-refractivity contribution in [3.63, 3.8) is 0 Å². The van der Waals surface area contributed by atoms with E-state index in [9.17, 15) is 4.79 Å². The Labute approximate surface area is 121 Å². The summed E-state index contributed by atoms with van der Waals surface area (Å²) < 4.78 is 0. The van der Waals surface area contributed by atoms with Gasteiger partial charge in [0.25, 0.3) is 5.91 Å². The number of aromatic nitrogens is 3. The van der Waals surface area contributed by atoms with Crippen molar-refractivity contribution in [1.82, 2.24) is 20.3 Å². The number of nitrogens with one attached hydrogen (secondary N) is 2. The summed E-state index contributed by atoms with van der Waals surface area (Å²) in [5.41, 5.74) is 6.16. The third-order valence-electron chi connectivity index (χ3n) is 2.55. The number of nitrogens with two attached hydrogens (primary N) is 1. The molecule has 0 spiro atoms. The lowest BCUT2D eigenvalue weighted by molar-refractivity contribution is 0.0951. The monoisotopic (exact) mass is 283 g/mol. The maximum Gasteiger partial charge on any atom is 0.273 e. The van der Waals surface area contributed by atoms with Crippen LogP contribution in [0.5, 0.6) is 0 Å². The maximum atomic E-state index is 11.8. The highest BCUT2D eigenvalue weighted by atomic mass is 16.1. The van der Waals surface area contributed by atoms with Gasteiger partial charge in [-0.3, -0.25) is 4.79 Å². The summed E-state index contributed by atoms with van der Waals surface area (Å²) in [6, 6.07) is 5.34. The fourth-order valence-electron chi connectivity index (χ4n) is 1.54. The molecule has 0 fully saturated rings. The number of carbonyl (C=O) groups excluding carboxylic acids is 1. The number of nitrogen functional groups attached to an aromatic ring is 1. The molecular formula is C13H13N7O. The van der Waals surface area contributed by atoms with Crippen LogP contribution in [0.2, 0.25) is 0 Å².